The SMILES string of the molecule is CCC(C(=O)O)C(CC)(C(=O)O)N1CCC[C@@H]1C(=O)N1CCC[C@H]1CCc1cc2ccc(C#N)cc2n1CC. The molecule has 9 nitrogen and oxygen atoms in total. The minimum Gasteiger partial charge on any atom is -0.481 e. The number of nitriles is 1. The van der Waals surface area contributed by atoms with Gasteiger partial charge in [0.1, 0.15) is 5.54 Å². The number of carboxylic acids is 2. The van der Waals surface area contributed by atoms with E-state index in [2.05, 4.69) is 23.6 Å². The number of rotatable bonds is 11. The van der Waals surface area contributed by atoms with Gasteiger partial charge in [-0.3, -0.25) is 19.3 Å². The Balaban J connectivity index is 1.55. The summed E-state index contributed by atoms with van der Waals surface area (Å²) in [5, 5.41) is 30.7. The maximum Gasteiger partial charge on any atom is 0.325 e. The van der Waals surface area contributed by atoms with Crippen molar-refractivity contribution in [1.82, 2.24) is 14.4 Å². The number of aliphatic carboxylic acids is 2. The highest BCUT2D eigenvalue weighted by molar-refractivity contribution is 5.89. The number of aromatic nitrogens is 1. The summed E-state index contributed by atoms with van der Waals surface area (Å²) in [6.45, 7) is 7.33. The average molecular weight is 537 g/mol. The number of nitrogens with zero attached hydrogens (tertiary/aromatic N) is 4. The fraction of sp³-hybridized carbons (Fsp3) is 0.600. The fourth-order valence-corrected chi connectivity index (χ4v) is 7.18. The molecule has 9 heteroatoms. The van der Waals surface area contributed by atoms with Crippen LogP contribution in [0.4, 0.5) is 0 Å². The highest BCUT2D eigenvalue weighted by Crippen LogP contribution is 2.39. The van der Waals surface area contributed by atoms with Gasteiger partial charge in [0.25, 0.3) is 0 Å². The fourth-order valence-electron chi connectivity index (χ4n) is 7.18. The molecule has 0 aliphatic carbocycles. The Labute approximate surface area is 230 Å². The number of benzene rings is 1. The van der Waals surface area contributed by atoms with Gasteiger partial charge in [0.2, 0.25) is 5.91 Å². The molecule has 210 valence electrons. The molecule has 2 N–H and O–H groups in total. The van der Waals surface area contributed by atoms with E-state index in [9.17, 15) is 29.9 Å². The van der Waals surface area contributed by atoms with Gasteiger partial charge in [0, 0.05) is 36.9 Å². The average Bonchev–Trinajstić information content (AvgIpc) is 3.67. The molecule has 0 bridgehead atoms. The van der Waals surface area contributed by atoms with E-state index in [0.29, 0.717) is 31.5 Å². The van der Waals surface area contributed by atoms with Crippen LogP contribution in [-0.2, 0) is 27.3 Å². The Hall–Kier alpha value is -3.38. The smallest absolute Gasteiger partial charge is 0.325 e. The topological polar surface area (TPSA) is 127 Å². The van der Waals surface area contributed by atoms with Crippen LogP contribution in [0.15, 0.2) is 24.3 Å². The summed E-state index contributed by atoms with van der Waals surface area (Å²) in [5.41, 5.74) is 1.23. The van der Waals surface area contributed by atoms with Crippen LogP contribution in [0.2, 0.25) is 0 Å². The number of carboxylic acid groups (broad SMARTS) is 2. The standard InChI is InChI=1S/C30H40N4O5/c1-4-24(28(36)37)30(5-2,29(38)39)34-16-8-10-25(34)27(35)33-15-7-9-22(33)13-14-23-18-21-12-11-20(19-31)17-26(21)32(23)6-3/h11-12,17-18,22,24-25H,4-10,13-16H2,1-3H3,(H,36,37)(H,38,39)/t22-,24?,25+,30?/m0/s1. The van der Waals surface area contributed by atoms with E-state index in [1.54, 1.807) is 18.7 Å². The van der Waals surface area contributed by atoms with Crippen molar-refractivity contribution in [3.63, 3.8) is 0 Å². The lowest BCUT2D eigenvalue weighted by Crippen LogP contribution is -2.64. The molecule has 2 aliphatic heterocycles. The summed E-state index contributed by atoms with van der Waals surface area (Å²) in [5.74, 6) is -3.46. The number of hydrogen-bond donors (Lipinski definition) is 2. The van der Waals surface area contributed by atoms with Crippen LogP contribution in [0.25, 0.3) is 10.9 Å². The van der Waals surface area contributed by atoms with Gasteiger partial charge in [-0.1, -0.05) is 19.9 Å². The Bertz CT molecular complexity index is 1280. The van der Waals surface area contributed by atoms with E-state index in [0.717, 1.165) is 43.1 Å². The summed E-state index contributed by atoms with van der Waals surface area (Å²) in [6, 6.07) is 9.54. The number of fused-ring (bicyclic) bond motifs is 1. The third-order valence-corrected chi connectivity index (χ3v) is 9.07. The maximum absolute atomic E-state index is 14.0. The minimum absolute atomic E-state index is 0.0558. The number of amides is 1. The second-order valence-electron chi connectivity index (χ2n) is 10.9. The van der Waals surface area contributed by atoms with Crippen LogP contribution >= 0.6 is 0 Å². The normalized spacial score (nSPS) is 22.1. The first-order valence-corrected chi connectivity index (χ1v) is 14.3. The van der Waals surface area contributed by atoms with E-state index in [1.165, 1.54) is 5.69 Å². The summed E-state index contributed by atoms with van der Waals surface area (Å²) in [6.07, 6.45) is 4.89. The molecule has 0 radical (unpaired) electrons. The molecule has 1 aromatic carbocycles. The minimum atomic E-state index is -1.61. The summed E-state index contributed by atoms with van der Waals surface area (Å²) < 4.78 is 2.23. The first-order valence-electron chi connectivity index (χ1n) is 14.3. The van der Waals surface area contributed by atoms with Crippen molar-refractivity contribution in [1.29, 1.82) is 5.26 Å². The molecule has 4 rings (SSSR count). The van der Waals surface area contributed by atoms with Crippen LogP contribution in [-0.4, -0.2) is 73.1 Å². The van der Waals surface area contributed by atoms with Crippen LogP contribution < -0.4 is 0 Å². The lowest BCUT2D eigenvalue weighted by Gasteiger charge is -2.45. The van der Waals surface area contributed by atoms with Gasteiger partial charge in [-0.2, -0.15) is 5.26 Å². The summed E-state index contributed by atoms with van der Waals surface area (Å²) >= 11 is 0. The molecule has 39 heavy (non-hydrogen) atoms. The van der Waals surface area contributed by atoms with Crippen molar-refractivity contribution < 1.29 is 24.6 Å². The largest absolute Gasteiger partial charge is 0.481 e. The van der Waals surface area contributed by atoms with E-state index < -0.39 is 29.4 Å². The monoisotopic (exact) mass is 536 g/mol. The first-order chi connectivity index (χ1) is 18.7. The zero-order valence-electron chi connectivity index (χ0n) is 23.2. The van der Waals surface area contributed by atoms with Crippen molar-refractivity contribution in [3.05, 3.63) is 35.5 Å². The maximum atomic E-state index is 14.0. The Kier molecular flexibility index (Phi) is 8.65. The molecule has 2 fully saturated rings. The molecule has 1 amide bonds. The zero-order valence-corrected chi connectivity index (χ0v) is 23.2. The lowest BCUT2D eigenvalue weighted by molar-refractivity contribution is -0.170. The summed E-state index contributed by atoms with van der Waals surface area (Å²) in [7, 11) is 0. The van der Waals surface area contributed by atoms with Gasteiger partial charge in [-0.05, 0) is 81.9 Å². The Morgan fingerprint density at radius 1 is 1.10 bits per heavy atom. The highest BCUT2D eigenvalue weighted by Gasteiger charge is 2.56. The highest BCUT2D eigenvalue weighted by atomic mass is 16.4. The van der Waals surface area contributed by atoms with Crippen LogP contribution in [0.3, 0.4) is 0 Å². The van der Waals surface area contributed by atoms with Gasteiger partial charge < -0.3 is 19.7 Å². The number of carbonyl (C=O) groups is 3. The molecule has 2 unspecified atom stereocenters. The summed E-state index contributed by atoms with van der Waals surface area (Å²) in [4.78, 5) is 42.5. The van der Waals surface area contributed by atoms with Gasteiger partial charge in [0.15, 0.2) is 0 Å². The van der Waals surface area contributed by atoms with E-state index >= 15 is 0 Å². The van der Waals surface area contributed by atoms with E-state index in [1.807, 2.05) is 23.1 Å². The molecule has 2 aliphatic rings. The number of aryl methyl sites for hydroxylation is 2. The zero-order chi connectivity index (χ0) is 28.3. The second-order valence-corrected chi connectivity index (χ2v) is 10.9. The van der Waals surface area contributed by atoms with Crippen molar-refractivity contribution in [2.24, 2.45) is 5.92 Å². The van der Waals surface area contributed by atoms with Crippen LogP contribution in [0.1, 0.15) is 77.0 Å². The number of hydrogen-bond acceptors (Lipinski definition) is 5. The number of likely N-dealkylation sites (tertiary alicyclic amines) is 2. The van der Waals surface area contributed by atoms with E-state index in [4.69, 9.17) is 0 Å². The molecule has 4 atom stereocenters. The third kappa shape index (κ3) is 5.03. The number of carbonyl (C=O) groups excluding carboxylic acids is 1. The van der Waals surface area contributed by atoms with Crippen molar-refractivity contribution >= 4 is 28.7 Å². The molecule has 3 heterocycles. The second kappa shape index (κ2) is 11.8. The predicted octanol–water partition coefficient (Wildman–Crippen LogP) is 4.27. The van der Waals surface area contributed by atoms with Crippen LogP contribution in [0, 0.1) is 17.2 Å². The molecule has 2 aromatic rings. The van der Waals surface area contributed by atoms with Crippen molar-refractivity contribution in [2.45, 2.75) is 96.3 Å². The predicted molar refractivity (Wildman–Crippen MR) is 147 cm³/mol. The molecular weight excluding hydrogens is 496 g/mol. The molecular formula is C30H40N4O5. The lowest BCUT2D eigenvalue weighted by atomic mass is 9.77. The molecule has 0 saturated carbocycles. The van der Waals surface area contributed by atoms with Crippen molar-refractivity contribution in [2.75, 3.05) is 13.1 Å². The third-order valence-electron chi connectivity index (χ3n) is 9.07. The Morgan fingerprint density at radius 2 is 1.85 bits per heavy atom. The van der Waals surface area contributed by atoms with Gasteiger partial charge in [-0.15, -0.1) is 0 Å². The molecule has 2 saturated heterocycles. The first kappa shape index (κ1) is 28.6. The Morgan fingerprint density at radius 3 is 2.46 bits per heavy atom. The quantitative estimate of drug-likeness (QED) is 0.439. The van der Waals surface area contributed by atoms with Crippen molar-refractivity contribution in [3.8, 4) is 6.07 Å². The van der Waals surface area contributed by atoms with Gasteiger partial charge in [-0.25, -0.2) is 0 Å². The molecule has 1 aromatic heterocycles. The van der Waals surface area contributed by atoms with Gasteiger partial charge >= 0.3 is 11.9 Å². The van der Waals surface area contributed by atoms with Crippen LogP contribution in [0.5, 0.6) is 0 Å². The molecule has 0 spiro atoms. The van der Waals surface area contributed by atoms with Gasteiger partial charge in [0.05, 0.1) is 23.6 Å². The van der Waals surface area contributed by atoms with E-state index in [-0.39, 0.29) is 24.8 Å².